The first-order valence-electron chi connectivity index (χ1n) is 5.37. The summed E-state index contributed by atoms with van der Waals surface area (Å²) >= 11 is 0. The molecule has 1 N–H and O–H groups in total. The van der Waals surface area contributed by atoms with Gasteiger partial charge in [0.25, 0.3) is 0 Å². The maximum atomic E-state index is 12.4. The highest BCUT2D eigenvalue weighted by atomic mass is 32.2. The second-order valence-corrected chi connectivity index (χ2v) is 5.12. The molecule has 0 amide bonds. The smallest absolute Gasteiger partial charge is 0.0992 e. The van der Waals surface area contributed by atoms with Crippen molar-refractivity contribution in [2.24, 2.45) is 0 Å². The predicted octanol–water partition coefficient (Wildman–Crippen LogP) is 2.22. The molecule has 0 radical (unpaired) electrons. The van der Waals surface area contributed by atoms with Crippen LogP contribution in [0.2, 0.25) is 0 Å². The molecule has 4 heteroatoms. The molecule has 0 aliphatic heterocycles. The van der Waals surface area contributed by atoms with E-state index < -0.39 is 10.8 Å². The van der Waals surface area contributed by atoms with Gasteiger partial charge in [-0.1, -0.05) is 24.3 Å². The molecule has 0 heterocycles. The average Bonchev–Trinajstić information content (AvgIpc) is 2.46. The van der Waals surface area contributed by atoms with Gasteiger partial charge in [-0.3, -0.25) is 0 Å². The topological polar surface area (TPSA) is 61.1 Å². The van der Waals surface area contributed by atoms with Gasteiger partial charge in [-0.05, 0) is 29.8 Å². The first-order chi connectivity index (χ1) is 8.76. The third-order valence-corrected chi connectivity index (χ3v) is 4.00. The molecule has 18 heavy (non-hydrogen) atoms. The van der Waals surface area contributed by atoms with Gasteiger partial charge >= 0.3 is 0 Å². The quantitative estimate of drug-likeness (QED) is 0.917. The minimum absolute atomic E-state index is 0.153. The molecule has 0 bridgehead atoms. The highest BCUT2D eigenvalue weighted by molar-refractivity contribution is 7.85. The lowest BCUT2D eigenvalue weighted by Crippen LogP contribution is -1.98. The summed E-state index contributed by atoms with van der Waals surface area (Å²) in [6.07, 6.45) is 0. The minimum Gasteiger partial charge on any atom is -0.392 e. The average molecular weight is 257 g/mol. The molecule has 2 aromatic rings. The highest BCUT2D eigenvalue weighted by Gasteiger charge is 2.11. The Bertz CT molecular complexity index is 632. The summed E-state index contributed by atoms with van der Waals surface area (Å²) < 4.78 is 12.4. The minimum atomic E-state index is -1.38. The van der Waals surface area contributed by atoms with Crippen molar-refractivity contribution in [3.8, 4) is 6.07 Å². The van der Waals surface area contributed by atoms with Gasteiger partial charge in [0, 0.05) is 9.79 Å². The maximum absolute atomic E-state index is 12.4. The van der Waals surface area contributed by atoms with E-state index in [2.05, 4.69) is 0 Å². The number of hydrogen-bond acceptors (Lipinski definition) is 3. The molecular formula is C14H11NO2S. The summed E-state index contributed by atoms with van der Waals surface area (Å²) in [7, 11) is -1.38. The van der Waals surface area contributed by atoms with Crippen LogP contribution in [0.25, 0.3) is 0 Å². The second-order valence-electron chi connectivity index (χ2n) is 3.67. The number of aliphatic hydroxyl groups is 1. The van der Waals surface area contributed by atoms with Crippen LogP contribution in [0.3, 0.4) is 0 Å². The fourth-order valence-corrected chi connectivity index (χ4v) is 2.89. The summed E-state index contributed by atoms with van der Waals surface area (Å²) in [6.45, 7) is -0.153. The summed E-state index contributed by atoms with van der Waals surface area (Å²) in [5.41, 5.74) is 1.11. The Morgan fingerprint density at radius 2 is 1.94 bits per heavy atom. The number of aliphatic hydroxyl groups excluding tert-OH is 1. The van der Waals surface area contributed by atoms with Gasteiger partial charge < -0.3 is 5.11 Å². The third kappa shape index (κ3) is 2.48. The van der Waals surface area contributed by atoms with Crippen molar-refractivity contribution in [3.05, 3.63) is 59.7 Å². The Kier molecular flexibility index (Phi) is 3.88. The molecule has 0 fully saturated rings. The van der Waals surface area contributed by atoms with Crippen molar-refractivity contribution in [2.45, 2.75) is 16.4 Å². The molecule has 0 saturated carbocycles. The van der Waals surface area contributed by atoms with E-state index >= 15 is 0 Å². The monoisotopic (exact) mass is 257 g/mol. The van der Waals surface area contributed by atoms with Gasteiger partial charge in [0.1, 0.15) is 0 Å². The Labute approximate surface area is 108 Å². The van der Waals surface area contributed by atoms with E-state index in [1.807, 2.05) is 6.07 Å². The van der Waals surface area contributed by atoms with Gasteiger partial charge in [0.05, 0.1) is 29.0 Å². The van der Waals surface area contributed by atoms with Crippen LogP contribution in [0.4, 0.5) is 0 Å². The molecule has 0 aromatic heterocycles. The highest BCUT2D eigenvalue weighted by Crippen LogP contribution is 2.20. The maximum Gasteiger partial charge on any atom is 0.0992 e. The first kappa shape index (κ1) is 12.5. The van der Waals surface area contributed by atoms with E-state index in [0.717, 1.165) is 0 Å². The summed E-state index contributed by atoms with van der Waals surface area (Å²) in [5, 5.41) is 18.1. The summed E-state index contributed by atoms with van der Waals surface area (Å²) in [5.74, 6) is 0. The number of nitrogens with zero attached hydrogens (tertiary/aromatic N) is 1. The van der Waals surface area contributed by atoms with E-state index in [4.69, 9.17) is 5.26 Å². The molecule has 0 aliphatic carbocycles. The van der Waals surface area contributed by atoms with Crippen molar-refractivity contribution in [1.82, 2.24) is 0 Å². The molecule has 2 rings (SSSR count). The summed E-state index contributed by atoms with van der Waals surface area (Å²) in [4.78, 5) is 1.14. The van der Waals surface area contributed by atoms with Gasteiger partial charge in [0.2, 0.25) is 0 Å². The first-order valence-corrected chi connectivity index (χ1v) is 6.52. The zero-order valence-electron chi connectivity index (χ0n) is 9.54. The van der Waals surface area contributed by atoms with E-state index in [1.54, 1.807) is 48.5 Å². The van der Waals surface area contributed by atoms with Crippen LogP contribution in [0.1, 0.15) is 11.1 Å². The molecule has 0 spiro atoms. The fraction of sp³-hybridized carbons (Fsp3) is 0.0714. The normalized spacial score (nSPS) is 11.8. The van der Waals surface area contributed by atoms with E-state index in [-0.39, 0.29) is 6.61 Å². The molecule has 3 nitrogen and oxygen atoms in total. The molecule has 0 saturated heterocycles. The SMILES string of the molecule is N#Cc1cccc(S(=O)c2ccccc2CO)c1. The lowest BCUT2D eigenvalue weighted by atomic mass is 10.2. The van der Waals surface area contributed by atoms with Gasteiger partial charge in [-0.15, -0.1) is 0 Å². The van der Waals surface area contributed by atoms with Crippen molar-refractivity contribution in [1.29, 1.82) is 5.26 Å². The van der Waals surface area contributed by atoms with Crippen LogP contribution in [-0.4, -0.2) is 9.32 Å². The molecule has 2 aromatic carbocycles. The Morgan fingerprint density at radius 1 is 1.17 bits per heavy atom. The lowest BCUT2D eigenvalue weighted by Gasteiger charge is -2.07. The van der Waals surface area contributed by atoms with Crippen LogP contribution in [-0.2, 0) is 17.4 Å². The number of hydrogen-bond donors (Lipinski definition) is 1. The van der Waals surface area contributed by atoms with E-state index in [1.165, 1.54) is 0 Å². The van der Waals surface area contributed by atoms with Crippen LogP contribution in [0.15, 0.2) is 58.3 Å². The second kappa shape index (κ2) is 5.58. The molecule has 1 atom stereocenters. The van der Waals surface area contributed by atoms with Gasteiger partial charge in [0.15, 0.2) is 0 Å². The summed E-state index contributed by atoms with van der Waals surface area (Å²) in [6, 6.07) is 15.7. The molecule has 0 aliphatic rings. The Morgan fingerprint density at radius 3 is 2.67 bits per heavy atom. The molecule has 90 valence electrons. The van der Waals surface area contributed by atoms with Crippen LogP contribution in [0, 0.1) is 11.3 Å². The van der Waals surface area contributed by atoms with Crippen molar-refractivity contribution < 1.29 is 9.32 Å². The van der Waals surface area contributed by atoms with Crippen LogP contribution < -0.4 is 0 Å². The van der Waals surface area contributed by atoms with Crippen LogP contribution >= 0.6 is 0 Å². The van der Waals surface area contributed by atoms with Gasteiger partial charge in [-0.2, -0.15) is 5.26 Å². The zero-order valence-corrected chi connectivity index (χ0v) is 10.4. The number of benzene rings is 2. The third-order valence-electron chi connectivity index (χ3n) is 2.52. The predicted molar refractivity (Wildman–Crippen MR) is 68.2 cm³/mol. The Balaban J connectivity index is 2.45. The van der Waals surface area contributed by atoms with E-state index in [9.17, 15) is 9.32 Å². The standard InChI is InChI=1S/C14H11NO2S/c15-9-11-4-3-6-13(8-11)18(17)14-7-2-1-5-12(14)10-16/h1-8,16H,10H2. The molecule has 1 unspecified atom stereocenters. The number of nitriles is 1. The van der Waals surface area contributed by atoms with Crippen LogP contribution in [0.5, 0.6) is 0 Å². The largest absolute Gasteiger partial charge is 0.392 e. The van der Waals surface area contributed by atoms with Gasteiger partial charge in [-0.25, -0.2) is 4.21 Å². The van der Waals surface area contributed by atoms with E-state index in [0.29, 0.717) is 20.9 Å². The zero-order chi connectivity index (χ0) is 13.0. The Hall–Kier alpha value is -1.96. The van der Waals surface area contributed by atoms with Crippen molar-refractivity contribution in [2.75, 3.05) is 0 Å². The molecular weight excluding hydrogens is 246 g/mol. The van der Waals surface area contributed by atoms with Crippen molar-refractivity contribution in [3.63, 3.8) is 0 Å². The number of rotatable bonds is 3. The van der Waals surface area contributed by atoms with Crippen molar-refractivity contribution >= 4 is 10.8 Å². The lowest BCUT2D eigenvalue weighted by molar-refractivity contribution is 0.279. The fourth-order valence-electron chi connectivity index (χ4n) is 1.62.